The van der Waals surface area contributed by atoms with E-state index in [4.69, 9.17) is 18.9 Å². The van der Waals surface area contributed by atoms with E-state index in [1.54, 1.807) is 14.2 Å². The molecule has 1 heterocycles. The van der Waals surface area contributed by atoms with E-state index in [9.17, 15) is 4.79 Å². The van der Waals surface area contributed by atoms with Gasteiger partial charge in [0, 0.05) is 14.2 Å². The highest BCUT2D eigenvalue weighted by atomic mass is 16.7. The molecule has 0 N–H and O–H groups in total. The van der Waals surface area contributed by atoms with Crippen LogP contribution in [0.5, 0.6) is 11.5 Å². The van der Waals surface area contributed by atoms with Crippen LogP contribution < -0.4 is 14.5 Å². The summed E-state index contributed by atoms with van der Waals surface area (Å²) in [4.78, 5) is 12.4. The Morgan fingerprint density at radius 2 is 1.47 bits per heavy atom. The molecule has 7 heteroatoms. The van der Waals surface area contributed by atoms with Gasteiger partial charge < -0.3 is 18.9 Å². The summed E-state index contributed by atoms with van der Waals surface area (Å²) in [6, 6.07) is 23.1. The number of rotatable bonds is 10. The molecule has 0 spiro atoms. The zero-order valence-corrected chi connectivity index (χ0v) is 19.1. The molecule has 0 radical (unpaired) electrons. The fourth-order valence-electron chi connectivity index (χ4n) is 3.44. The second kappa shape index (κ2) is 11.3. The third-order valence-corrected chi connectivity index (χ3v) is 5.12. The predicted octanol–water partition coefficient (Wildman–Crippen LogP) is 4.96. The number of anilines is 1. The topological polar surface area (TPSA) is 69.6 Å². The minimum atomic E-state index is -0.0328. The molecule has 0 bridgehead atoms. The maximum absolute atomic E-state index is 12.4. The molecule has 1 amide bonds. The summed E-state index contributed by atoms with van der Waals surface area (Å²) in [7, 11) is 3.13. The van der Waals surface area contributed by atoms with Crippen LogP contribution in [0, 0.1) is 0 Å². The maximum atomic E-state index is 12.4. The van der Waals surface area contributed by atoms with E-state index < -0.39 is 0 Å². The number of para-hydroxylation sites is 1. The van der Waals surface area contributed by atoms with Gasteiger partial charge in [0.15, 0.2) is 25.1 Å². The highest BCUT2D eigenvalue weighted by Gasteiger charge is 2.25. The third-order valence-electron chi connectivity index (χ3n) is 5.12. The molecule has 1 aliphatic heterocycles. The zero-order chi connectivity index (χ0) is 23.8. The fourth-order valence-corrected chi connectivity index (χ4v) is 3.44. The molecular weight excluding hydrogens is 432 g/mol. The second-order valence-electron chi connectivity index (χ2n) is 7.53. The van der Waals surface area contributed by atoms with Gasteiger partial charge in [-0.2, -0.15) is 5.10 Å². The number of carbonyl (C=O) groups excluding carboxylic acids is 1. The van der Waals surface area contributed by atoms with Crippen molar-refractivity contribution in [3.63, 3.8) is 0 Å². The van der Waals surface area contributed by atoms with Crippen molar-refractivity contribution < 1.29 is 23.7 Å². The Hall–Kier alpha value is -3.94. The lowest BCUT2D eigenvalue weighted by molar-refractivity contribution is -0.116. The lowest BCUT2D eigenvalue weighted by atomic mass is 10.0. The summed E-state index contributed by atoms with van der Waals surface area (Å²) < 4.78 is 21.1. The molecule has 0 saturated carbocycles. The average Bonchev–Trinajstić information content (AvgIpc) is 3.27. The Bertz CT molecular complexity index is 1170. The number of nitrogens with zero attached hydrogens (tertiary/aromatic N) is 2. The van der Waals surface area contributed by atoms with Gasteiger partial charge in [0.1, 0.15) is 0 Å². The largest absolute Gasteiger partial charge is 0.464 e. The van der Waals surface area contributed by atoms with Gasteiger partial charge in [0.05, 0.1) is 17.8 Å². The van der Waals surface area contributed by atoms with Crippen molar-refractivity contribution in [1.29, 1.82) is 0 Å². The highest BCUT2D eigenvalue weighted by Crippen LogP contribution is 2.29. The molecule has 0 fully saturated rings. The summed E-state index contributed by atoms with van der Waals surface area (Å²) in [5.41, 5.74) is 4.43. The van der Waals surface area contributed by atoms with Crippen LogP contribution in [0.2, 0.25) is 0 Å². The van der Waals surface area contributed by atoms with Crippen LogP contribution in [0.1, 0.15) is 23.1 Å². The number of hydrogen-bond donors (Lipinski definition) is 0. The summed E-state index contributed by atoms with van der Waals surface area (Å²) >= 11 is 0. The van der Waals surface area contributed by atoms with Gasteiger partial charge in [0.2, 0.25) is 0 Å². The van der Waals surface area contributed by atoms with E-state index >= 15 is 0 Å². The van der Waals surface area contributed by atoms with Crippen molar-refractivity contribution in [2.45, 2.75) is 6.42 Å². The van der Waals surface area contributed by atoms with Crippen molar-refractivity contribution in [3.8, 4) is 11.5 Å². The Labute approximate surface area is 198 Å². The molecule has 0 unspecified atom stereocenters. The van der Waals surface area contributed by atoms with E-state index in [1.165, 1.54) is 5.01 Å². The van der Waals surface area contributed by atoms with E-state index in [0.717, 1.165) is 28.1 Å². The SMILES string of the molecule is COCOc1ccc(/C=C/c2ccc(C3=NN(c4ccccc4)C(=O)C3)cc2)cc1OCOC. The van der Waals surface area contributed by atoms with Gasteiger partial charge in [-0.3, -0.25) is 4.79 Å². The van der Waals surface area contributed by atoms with E-state index in [2.05, 4.69) is 5.10 Å². The van der Waals surface area contributed by atoms with Gasteiger partial charge in [-0.25, -0.2) is 5.01 Å². The molecule has 3 aromatic carbocycles. The molecule has 0 aromatic heterocycles. The average molecular weight is 459 g/mol. The number of amides is 1. The van der Waals surface area contributed by atoms with E-state index in [0.29, 0.717) is 11.5 Å². The fraction of sp³-hybridized carbons (Fsp3) is 0.185. The van der Waals surface area contributed by atoms with Gasteiger partial charge in [-0.15, -0.1) is 0 Å². The summed E-state index contributed by atoms with van der Waals surface area (Å²) in [5.74, 6) is 1.12. The van der Waals surface area contributed by atoms with Crippen molar-refractivity contribution in [2.24, 2.45) is 5.10 Å². The van der Waals surface area contributed by atoms with Crippen LogP contribution in [-0.4, -0.2) is 39.4 Å². The molecule has 174 valence electrons. The summed E-state index contributed by atoms with van der Waals surface area (Å²) in [5, 5.41) is 6.00. The van der Waals surface area contributed by atoms with Gasteiger partial charge >= 0.3 is 0 Å². The zero-order valence-electron chi connectivity index (χ0n) is 19.1. The molecule has 34 heavy (non-hydrogen) atoms. The number of benzene rings is 3. The van der Waals surface area contributed by atoms with Gasteiger partial charge in [0.25, 0.3) is 5.91 Å². The first kappa shape index (κ1) is 23.2. The van der Waals surface area contributed by atoms with Crippen LogP contribution in [0.15, 0.2) is 77.9 Å². The lowest BCUT2D eigenvalue weighted by Crippen LogP contribution is -2.19. The molecule has 0 aliphatic carbocycles. The minimum Gasteiger partial charge on any atom is -0.464 e. The number of hydrogen-bond acceptors (Lipinski definition) is 6. The van der Waals surface area contributed by atoms with Crippen LogP contribution in [0.25, 0.3) is 12.2 Å². The Balaban J connectivity index is 1.46. The van der Waals surface area contributed by atoms with Crippen LogP contribution in [0.3, 0.4) is 0 Å². The normalized spacial score (nSPS) is 13.4. The monoisotopic (exact) mass is 458 g/mol. The first-order chi connectivity index (χ1) is 16.7. The van der Waals surface area contributed by atoms with E-state index in [-0.39, 0.29) is 25.9 Å². The number of hydrazone groups is 1. The Morgan fingerprint density at radius 3 is 2.18 bits per heavy atom. The van der Waals surface area contributed by atoms with Crippen molar-refractivity contribution in [1.82, 2.24) is 0 Å². The van der Waals surface area contributed by atoms with Crippen molar-refractivity contribution in [2.75, 3.05) is 32.8 Å². The Kier molecular flexibility index (Phi) is 7.70. The highest BCUT2D eigenvalue weighted by molar-refractivity contribution is 6.19. The number of methoxy groups -OCH3 is 2. The molecule has 0 saturated heterocycles. The van der Waals surface area contributed by atoms with Crippen LogP contribution >= 0.6 is 0 Å². The van der Waals surface area contributed by atoms with Gasteiger partial charge in [-0.1, -0.05) is 60.7 Å². The Morgan fingerprint density at radius 1 is 0.824 bits per heavy atom. The lowest BCUT2D eigenvalue weighted by Gasteiger charge is -2.12. The smallest absolute Gasteiger partial charge is 0.253 e. The third kappa shape index (κ3) is 5.70. The van der Waals surface area contributed by atoms with Crippen LogP contribution in [-0.2, 0) is 14.3 Å². The quantitative estimate of drug-likeness (QED) is 0.317. The molecule has 7 nitrogen and oxygen atoms in total. The van der Waals surface area contributed by atoms with Gasteiger partial charge in [-0.05, 0) is 41.0 Å². The molecule has 3 aromatic rings. The van der Waals surface area contributed by atoms with E-state index in [1.807, 2.05) is 84.9 Å². The molecular formula is C27H26N2O5. The molecule has 1 aliphatic rings. The van der Waals surface area contributed by atoms with Crippen LogP contribution in [0.4, 0.5) is 5.69 Å². The summed E-state index contributed by atoms with van der Waals surface area (Å²) in [6.07, 6.45) is 4.28. The maximum Gasteiger partial charge on any atom is 0.253 e. The first-order valence-corrected chi connectivity index (χ1v) is 10.8. The standard InChI is InChI=1S/C27H26N2O5/c1-31-18-33-25-15-12-21(16-26(25)34-19-32-2)9-8-20-10-13-22(14-11-20)24-17-27(30)29(28-24)23-6-4-3-5-7-23/h3-16H,17-19H2,1-2H3/b9-8+. The number of carbonyl (C=O) groups is 1. The number of ether oxygens (including phenoxy) is 4. The second-order valence-corrected chi connectivity index (χ2v) is 7.53. The molecule has 4 rings (SSSR count). The first-order valence-electron chi connectivity index (χ1n) is 10.8. The van der Waals surface area contributed by atoms with Crippen molar-refractivity contribution in [3.05, 3.63) is 89.5 Å². The summed E-state index contributed by atoms with van der Waals surface area (Å²) in [6.45, 7) is 0.247. The molecule has 0 atom stereocenters. The minimum absolute atomic E-state index is 0.0328. The van der Waals surface area contributed by atoms with Crippen molar-refractivity contribution >= 4 is 29.5 Å². The predicted molar refractivity (Wildman–Crippen MR) is 132 cm³/mol.